The Balaban J connectivity index is 1.97. The average molecular weight is 280 g/mol. The molecule has 1 aliphatic carbocycles. The SMILES string of the molecule is COc1cc(NCC2(O)CCC(C)(C)CC2)nc(N)n1. The number of nitrogens with two attached hydrogens (primary N) is 1. The Morgan fingerprint density at radius 2 is 1.95 bits per heavy atom. The minimum atomic E-state index is -0.678. The van der Waals surface area contributed by atoms with Crippen LogP contribution in [0.4, 0.5) is 11.8 Å². The Morgan fingerprint density at radius 3 is 2.55 bits per heavy atom. The molecule has 1 aromatic rings. The summed E-state index contributed by atoms with van der Waals surface area (Å²) in [6.07, 6.45) is 3.65. The highest BCUT2D eigenvalue weighted by molar-refractivity contribution is 5.43. The van der Waals surface area contributed by atoms with Crippen LogP contribution in [0, 0.1) is 5.41 Å². The first-order valence-electron chi connectivity index (χ1n) is 6.97. The largest absolute Gasteiger partial charge is 0.481 e. The van der Waals surface area contributed by atoms with E-state index >= 15 is 0 Å². The van der Waals surface area contributed by atoms with Crippen LogP contribution < -0.4 is 15.8 Å². The van der Waals surface area contributed by atoms with Crippen molar-refractivity contribution in [2.75, 3.05) is 24.7 Å². The van der Waals surface area contributed by atoms with Gasteiger partial charge in [0, 0.05) is 12.6 Å². The number of hydrogen-bond donors (Lipinski definition) is 3. The summed E-state index contributed by atoms with van der Waals surface area (Å²) >= 11 is 0. The molecule has 6 nitrogen and oxygen atoms in total. The Hall–Kier alpha value is -1.56. The van der Waals surface area contributed by atoms with Gasteiger partial charge in [0.2, 0.25) is 11.8 Å². The monoisotopic (exact) mass is 280 g/mol. The zero-order chi connectivity index (χ0) is 14.8. The van der Waals surface area contributed by atoms with Gasteiger partial charge in [-0.25, -0.2) is 0 Å². The van der Waals surface area contributed by atoms with Crippen molar-refractivity contribution in [2.45, 2.75) is 45.1 Å². The summed E-state index contributed by atoms with van der Waals surface area (Å²) in [5.41, 5.74) is 5.26. The normalized spacial score (nSPS) is 20.4. The summed E-state index contributed by atoms with van der Waals surface area (Å²) in [6.45, 7) is 4.95. The first kappa shape index (κ1) is 14.8. The van der Waals surface area contributed by atoms with Crippen LogP contribution in [-0.4, -0.2) is 34.3 Å². The predicted molar refractivity (Wildman–Crippen MR) is 78.7 cm³/mol. The van der Waals surface area contributed by atoms with Crippen LogP contribution in [0.3, 0.4) is 0 Å². The minimum absolute atomic E-state index is 0.156. The standard InChI is InChI=1S/C14H24N4O2/c1-13(2)4-6-14(19,7-5-13)9-16-10-8-11(20-3)18-12(15)17-10/h8,19H,4-7,9H2,1-3H3,(H3,15,16,17,18). The number of aromatic nitrogens is 2. The molecule has 0 aromatic carbocycles. The van der Waals surface area contributed by atoms with Crippen molar-refractivity contribution < 1.29 is 9.84 Å². The third-order valence-corrected chi connectivity index (χ3v) is 4.06. The van der Waals surface area contributed by atoms with E-state index in [1.54, 1.807) is 6.07 Å². The quantitative estimate of drug-likeness (QED) is 0.779. The molecule has 0 unspecified atom stereocenters. The lowest BCUT2D eigenvalue weighted by molar-refractivity contribution is -0.0145. The molecule has 0 atom stereocenters. The van der Waals surface area contributed by atoms with Crippen LogP contribution in [0.1, 0.15) is 39.5 Å². The Bertz CT molecular complexity index is 466. The molecule has 2 rings (SSSR count). The highest BCUT2D eigenvalue weighted by Crippen LogP contribution is 2.40. The molecule has 1 aliphatic rings. The smallest absolute Gasteiger partial charge is 0.225 e. The fourth-order valence-corrected chi connectivity index (χ4v) is 2.46. The number of ether oxygens (including phenoxy) is 1. The Kier molecular flexibility index (Phi) is 4.04. The number of rotatable bonds is 4. The highest BCUT2D eigenvalue weighted by atomic mass is 16.5. The predicted octanol–water partition coefficient (Wildman–Crippen LogP) is 1.81. The van der Waals surface area contributed by atoms with Crippen molar-refractivity contribution in [2.24, 2.45) is 5.41 Å². The summed E-state index contributed by atoms with van der Waals surface area (Å²) in [5.74, 6) is 1.15. The zero-order valence-corrected chi connectivity index (χ0v) is 12.4. The molecule has 0 radical (unpaired) electrons. The molecule has 0 aliphatic heterocycles. The van der Waals surface area contributed by atoms with Crippen LogP contribution in [0.2, 0.25) is 0 Å². The highest BCUT2D eigenvalue weighted by Gasteiger charge is 2.36. The van der Waals surface area contributed by atoms with Crippen molar-refractivity contribution in [3.8, 4) is 5.88 Å². The van der Waals surface area contributed by atoms with Gasteiger partial charge < -0.3 is 20.9 Å². The summed E-state index contributed by atoms with van der Waals surface area (Å²) in [7, 11) is 1.53. The number of methoxy groups -OCH3 is 1. The van der Waals surface area contributed by atoms with Gasteiger partial charge in [-0.15, -0.1) is 0 Å². The van der Waals surface area contributed by atoms with E-state index in [1.165, 1.54) is 7.11 Å². The van der Waals surface area contributed by atoms with Crippen molar-refractivity contribution in [1.29, 1.82) is 0 Å². The van der Waals surface area contributed by atoms with E-state index < -0.39 is 5.60 Å². The molecular weight excluding hydrogens is 256 g/mol. The zero-order valence-electron chi connectivity index (χ0n) is 12.4. The second-order valence-corrected chi connectivity index (χ2v) is 6.40. The molecule has 0 bridgehead atoms. The van der Waals surface area contributed by atoms with E-state index in [1.807, 2.05) is 0 Å². The fraction of sp³-hybridized carbons (Fsp3) is 0.714. The topological polar surface area (TPSA) is 93.3 Å². The van der Waals surface area contributed by atoms with E-state index in [2.05, 4.69) is 29.1 Å². The van der Waals surface area contributed by atoms with Gasteiger partial charge >= 0.3 is 0 Å². The lowest BCUT2D eigenvalue weighted by atomic mass is 9.71. The number of nitrogens with one attached hydrogen (secondary N) is 1. The number of nitrogen functional groups attached to an aromatic ring is 1. The van der Waals surface area contributed by atoms with E-state index in [0.29, 0.717) is 23.7 Å². The van der Waals surface area contributed by atoms with Gasteiger partial charge in [-0.05, 0) is 31.1 Å². The maximum atomic E-state index is 10.6. The van der Waals surface area contributed by atoms with Gasteiger partial charge in [0.1, 0.15) is 5.82 Å². The average Bonchev–Trinajstić information content (AvgIpc) is 2.40. The molecule has 0 amide bonds. The second-order valence-electron chi connectivity index (χ2n) is 6.40. The van der Waals surface area contributed by atoms with Crippen LogP contribution in [-0.2, 0) is 0 Å². The third kappa shape index (κ3) is 3.72. The number of anilines is 2. The summed E-state index contributed by atoms with van der Waals surface area (Å²) in [5, 5.41) is 13.7. The number of aliphatic hydroxyl groups is 1. The first-order chi connectivity index (χ1) is 9.32. The van der Waals surface area contributed by atoms with Crippen molar-refractivity contribution in [3.05, 3.63) is 6.07 Å². The molecular formula is C14H24N4O2. The van der Waals surface area contributed by atoms with Gasteiger partial charge in [0.05, 0.1) is 12.7 Å². The van der Waals surface area contributed by atoms with Crippen LogP contribution in [0.15, 0.2) is 6.07 Å². The number of hydrogen-bond acceptors (Lipinski definition) is 6. The van der Waals surface area contributed by atoms with Crippen LogP contribution in [0.25, 0.3) is 0 Å². The minimum Gasteiger partial charge on any atom is -0.481 e. The molecule has 112 valence electrons. The molecule has 4 N–H and O–H groups in total. The van der Waals surface area contributed by atoms with Crippen molar-refractivity contribution in [1.82, 2.24) is 9.97 Å². The van der Waals surface area contributed by atoms with Crippen molar-refractivity contribution >= 4 is 11.8 Å². The third-order valence-electron chi connectivity index (χ3n) is 4.06. The lowest BCUT2D eigenvalue weighted by Crippen LogP contribution is -2.42. The lowest BCUT2D eigenvalue weighted by Gasteiger charge is -2.40. The molecule has 6 heteroatoms. The fourth-order valence-electron chi connectivity index (χ4n) is 2.46. The van der Waals surface area contributed by atoms with Gasteiger partial charge in [-0.3, -0.25) is 0 Å². The van der Waals surface area contributed by atoms with Crippen LogP contribution in [0.5, 0.6) is 5.88 Å². The Morgan fingerprint density at radius 1 is 1.30 bits per heavy atom. The maximum absolute atomic E-state index is 10.6. The summed E-state index contributed by atoms with van der Waals surface area (Å²) in [4.78, 5) is 8.02. The molecule has 1 fully saturated rings. The van der Waals surface area contributed by atoms with Crippen LogP contribution >= 0.6 is 0 Å². The first-order valence-corrected chi connectivity index (χ1v) is 6.97. The molecule has 0 spiro atoms. The van der Waals surface area contributed by atoms with E-state index in [4.69, 9.17) is 10.5 Å². The van der Waals surface area contributed by atoms with Gasteiger partial charge in [-0.2, -0.15) is 9.97 Å². The molecule has 1 aromatic heterocycles. The van der Waals surface area contributed by atoms with E-state index in [0.717, 1.165) is 25.7 Å². The second kappa shape index (κ2) is 5.44. The van der Waals surface area contributed by atoms with Gasteiger partial charge in [-0.1, -0.05) is 13.8 Å². The van der Waals surface area contributed by atoms with E-state index in [-0.39, 0.29) is 5.95 Å². The summed E-state index contributed by atoms with van der Waals surface area (Å²) < 4.78 is 5.05. The molecule has 0 saturated heterocycles. The summed E-state index contributed by atoms with van der Waals surface area (Å²) in [6, 6.07) is 1.67. The Labute approximate surface area is 119 Å². The van der Waals surface area contributed by atoms with Gasteiger partial charge in [0.15, 0.2) is 0 Å². The maximum Gasteiger partial charge on any atom is 0.225 e. The van der Waals surface area contributed by atoms with E-state index in [9.17, 15) is 5.11 Å². The van der Waals surface area contributed by atoms with Gasteiger partial charge in [0.25, 0.3) is 0 Å². The van der Waals surface area contributed by atoms with Crippen molar-refractivity contribution in [3.63, 3.8) is 0 Å². The molecule has 20 heavy (non-hydrogen) atoms. The number of nitrogens with zero attached hydrogens (tertiary/aromatic N) is 2. The molecule has 1 heterocycles. The molecule has 1 saturated carbocycles.